The maximum absolute atomic E-state index is 12.9. The molecule has 0 aliphatic heterocycles. The Labute approximate surface area is 105 Å². The molecule has 0 spiro atoms. The normalized spacial score (nSPS) is 10.3. The molecule has 0 aliphatic rings. The van der Waals surface area contributed by atoms with Gasteiger partial charge in [0.2, 0.25) is 0 Å². The summed E-state index contributed by atoms with van der Waals surface area (Å²) in [7, 11) is 0. The monoisotopic (exact) mass is 250 g/mol. The van der Waals surface area contributed by atoms with Crippen molar-refractivity contribution in [2.24, 2.45) is 0 Å². The fraction of sp³-hybridized carbons (Fsp3) is 0.143. The van der Waals surface area contributed by atoms with E-state index >= 15 is 0 Å². The van der Waals surface area contributed by atoms with E-state index in [-0.39, 0.29) is 5.02 Å². The minimum Gasteiger partial charge on any atom is -0.489 e. The quantitative estimate of drug-likeness (QED) is 0.786. The van der Waals surface area contributed by atoms with Crippen LogP contribution in [0.1, 0.15) is 11.1 Å². The van der Waals surface area contributed by atoms with Crippen LogP contribution in [0.25, 0.3) is 0 Å². The number of ether oxygens (including phenoxy) is 1. The molecule has 0 atom stereocenters. The number of hydrogen-bond acceptors (Lipinski definition) is 1. The zero-order chi connectivity index (χ0) is 12.3. The van der Waals surface area contributed by atoms with Gasteiger partial charge in [0.25, 0.3) is 0 Å². The molecule has 0 unspecified atom stereocenters. The second kappa shape index (κ2) is 5.19. The zero-order valence-electron chi connectivity index (χ0n) is 9.41. The van der Waals surface area contributed by atoms with Gasteiger partial charge in [0.1, 0.15) is 18.2 Å². The van der Waals surface area contributed by atoms with Crippen LogP contribution in [0.2, 0.25) is 5.02 Å². The molecular formula is C14H12ClFO. The first kappa shape index (κ1) is 11.9. The molecule has 17 heavy (non-hydrogen) atoms. The second-order valence-electron chi connectivity index (χ2n) is 3.85. The molecule has 0 saturated carbocycles. The molecule has 0 N–H and O–H groups in total. The maximum atomic E-state index is 12.9. The summed E-state index contributed by atoms with van der Waals surface area (Å²) in [6, 6.07) is 12.4. The van der Waals surface area contributed by atoms with Crippen LogP contribution in [-0.4, -0.2) is 0 Å². The molecule has 0 fully saturated rings. The molecule has 0 aliphatic carbocycles. The van der Waals surface area contributed by atoms with Gasteiger partial charge in [-0.1, -0.05) is 29.8 Å². The highest BCUT2D eigenvalue weighted by atomic mass is 35.5. The lowest BCUT2D eigenvalue weighted by molar-refractivity contribution is 0.306. The Bertz CT molecular complexity index is 525. The molecule has 0 aromatic heterocycles. The summed E-state index contributed by atoms with van der Waals surface area (Å²) in [5, 5.41) is 0.121. The molecule has 0 saturated heterocycles. The van der Waals surface area contributed by atoms with Gasteiger partial charge in [-0.05, 0) is 42.3 Å². The van der Waals surface area contributed by atoms with Crippen molar-refractivity contribution >= 4 is 11.6 Å². The largest absolute Gasteiger partial charge is 0.489 e. The molecule has 0 heterocycles. The van der Waals surface area contributed by atoms with Gasteiger partial charge >= 0.3 is 0 Å². The van der Waals surface area contributed by atoms with E-state index in [9.17, 15) is 4.39 Å². The average Bonchev–Trinajstić information content (AvgIpc) is 2.31. The van der Waals surface area contributed by atoms with Crippen molar-refractivity contribution in [1.29, 1.82) is 0 Å². The van der Waals surface area contributed by atoms with Crippen molar-refractivity contribution in [2.45, 2.75) is 13.5 Å². The summed E-state index contributed by atoms with van der Waals surface area (Å²) >= 11 is 5.69. The molecule has 2 rings (SSSR count). The fourth-order valence-corrected chi connectivity index (χ4v) is 1.70. The summed E-state index contributed by atoms with van der Waals surface area (Å²) < 4.78 is 18.5. The third kappa shape index (κ3) is 3.21. The SMILES string of the molecule is Cc1cccc(OCc2ccc(F)c(Cl)c2)c1. The third-order valence-electron chi connectivity index (χ3n) is 2.38. The highest BCUT2D eigenvalue weighted by Crippen LogP contribution is 2.18. The minimum absolute atomic E-state index is 0.121. The molecule has 3 heteroatoms. The fourth-order valence-electron chi connectivity index (χ4n) is 1.50. The number of aryl methyl sites for hydroxylation is 1. The number of benzene rings is 2. The molecule has 2 aromatic carbocycles. The Kier molecular flexibility index (Phi) is 3.64. The van der Waals surface area contributed by atoms with Crippen molar-refractivity contribution in [3.8, 4) is 5.75 Å². The summed E-state index contributed by atoms with van der Waals surface area (Å²) in [6.07, 6.45) is 0. The van der Waals surface area contributed by atoms with Crippen LogP contribution in [0, 0.1) is 12.7 Å². The Morgan fingerprint density at radius 3 is 2.71 bits per heavy atom. The van der Waals surface area contributed by atoms with Crippen molar-refractivity contribution in [1.82, 2.24) is 0 Å². The molecule has 0 amide bonds. The number of rotatable bonds is 3. The van der Waals surface area contributed by atoms with Gasteiger partial charge in [-0.25, -0.2) is 4.39 Å². The van der Waals surface area contributed by atoms with E-state index in [4.69, 9.17) is 16.3 Å². The molecule has 2 aromatic rings. The van der Waals surface area contributed by atoms with Crippen LogP contribution < -0.4 is 4.74 Å². The van der Waals surface area contributed by atoms with E-state index < -0.39 is 5.82 Å². The van der Waals surface area contributed by atoms with E-state index in [1.807, 2.05) is 31.2 Å². The van der Waals surface area contributed by atoms with Crippen LogP contribution in [0.3, 0.4) is 0 Å². The van der Waals surface area contributed by atoms with E-state index in [1.165, 1.54) is 6.07 Å². The summed E-state index contributed by atoms with van der Waals surface area (Å²) in [5.41, 5.74) is 1.98. The molecule has 88 valence electrons. The lowest BCUT2D eigenvalue weighted by atomic mass is 10.2. The van der Waals surface area contributed by atoms with E-state index in [0.29, 0.717) is 6.61 Å². The molecule has 0 bridgehead atoms. The molecule has 0 radical (unpaired) electrons. The van der Waals surface area contributed by atoms with Gasteiger partial charge in [0.15, 0.2) is 0 Å². The van der Waals surface area contributed by atoms with Gasteiger partial charge in [0.05, 0.1) is 5.02 Å². The predicted octanol–water partition coefficient (Wildman–Crippen LogP) is 4.37. The minimum atomic E-state index is -0.411. The number of halogens is 2. The smallest absolute Gasteiger partial charge is 0.141 e. The molecule has 1 nitrogen and oxygen atoms in total. The average molecular weight is 251 g/mol. The van der Waals surface area contributed by atoms with Crippen LogP contribution in [0.4, 0.5) is 4.39 Å². The Hall–Kier alpha value is -1.54. The van der Waals surface area contributed by atoms with Gasteiger partial charge < -0.3 is 4.74 Å². The molecular weight excluding hydrogens is 239 g/mol. The van der Waals surface area contributed by atoms with Gasteiger partial charge in [-0.3, -0.25) is 0 Å². The first-order valence-corrected chi connectivity index (χ1v) is 5.66. The Balaban J connectivity index is 2.05. The lowest BCUT2D eigenvalue weighted by Gasteiger charge is -2.07. The van der Waals surface area contributed by atoms with Gasteiger partial charge in [-0.2, -0.15) is 0 Å². The third-order valence-corrected chi connectivity index (χ3v) is 2.67. The summed E-state index contributed by atoms with van der Waals surface area (Å²) in [5.74, 6) is 0.386. The number of hydrogen-bond donors (Lipinski definition) is 0. The van der Waals surface area contributed by atoms with Gasteiger partial charge in [0, 0.05) is 0 Å². The van der Waals surface area contributed by atoms with Crippen LogP contribution >= 0.6 is 11.6 Å². The standard InChI is InChI=1S/C14H12ClFO/c1-10-3-2-4-12(7-10)17-9-11-5-6-14(16)13(15)8-11/h2-8H,9H2,1H3. The maximum Gasteiger partial charge on any atom is 0.141 e. The van der Waals surface area contributed by atoms with Gasteiger partial charge in [-0.15, -0.1) is 0 Å². The van der Waals surface area contributed by atoms with Crippen molar-refractivity contribution in [2.75, 3.05) is 0 Å². The summed E-state index contributed by atoms with van der Waals surface area (Å²) in [4.78, 5) is 0. The van der Waals surface area contributed by atoms with Crippen molar-refractivity contribution < 1.29 is 9.13 Å². The van der Waals surface area contributed by atoms with Crippen LogP contribution in [-0.2, 0) is 6.61 Å². The van der Waals surface area contributed by atoms with Crippen LogP contribution in [0.15, 0.2) is 42.5 Å². The van der Waals surface area contributed by atoms with Crippen LogP contribution in [0.5, 0.6) is 5.75 Å². The lowest BCUT2D eigenvalue weighted by Crippen LogP contribution is -1.96. The topological polar surface area (TPSA) is 9.23 Å². The van der Waals surface area contributed by atoms with E-state index in [0.717, 1.165) is 16.9 Å². The van der Waals surface area contributed by atoms with E-state index in [2.05, 4.69) is 0 Å². The van der Waals surface area contributed by atoms with Crippen molar-refractivity contribution in [3.63, 3.8) is 0 Å². The highest BCUT2D eigenvalue weighted by Gasteiger charge is 2.01. The summed E-state index contributed by atoms with van der Waals surface area (Å²) in [6.45, 7) is 2.38. The Morgan fingerprint density at radius 2 is 2.00 bits per heavy atom. The Morgan fingerprint density at radius 1 is 1.18 bits per heavy atom. The van der Waals surface area contributed by atoms with Crippen molar-refractivity contribution in [3.05, 3.63) is 64.4 Å². The highest BCUT2D eigenvalue weighted by molar-refractivity contribution is 6.30. The first-order chi connectivity index (χ1) is 8.15. The predicted molar refractivity (Wildman–Crippen MR) is 66.9 cm³/mol. The zero-order valence-corrected chi connectivity index (χ0v) is 10.2. The first-order valence-electron chi connectivity index (χ1n) is 5.28. The van der Waals surface area contributed by atoms with E-state index in [1.54, 1.807) is 12.1 Å². The second-order valence-corrected chi connectivity index (χ2v) is 4.26.